The maximum Gasteiger partial charge on any atom is 0.333 e. The molecule has 2 amide bonds. The maximum atomic E-state index is 14.2. The van der Waals surface area contributed by atoms with Crippen molar-refractivity contribution in [3.05, 3.63) is 122 Å². The molecule has 12 nitrogen and oxygen atoms in total. The van der Waals surface area contributed by atoms with Crippen LogP contribution in [-0.4, -0.2) is 48.2 Å². The monoisotopic (exact) mass is 707 g/mol. The summed E-state index contributed by atoms with van der Waals surface area (Å²) < 4.78 is 15.1. The molecule has 7 rings (SSSR count). The molecule has 0 radical (unpaired) electrons. The number of imidazole rings is 1. The Morgan fingerprint density at radius 3 is 2.58 bits per heavy atom. The molecule has 0 bridgehead atoms. The van der Waals surface area contributed by atoms with Crippen LogP contribution in [0.3, 0.4) is 0 Å². The third-order valence-corrected chi connectivity index (χ3v) is 9.14. The number of fused-ring (bicyclic) bond motifs is 1. The summed E-state index contributed by atoms with van der Waals surface area (Å²) in [5, 5.41) is 11.1. The number of amides is 2. The molecule has 3 aromatic carbocycles. The van der Waals surface area contributed by atoms with E-state index in [9.17, 15) is 14.4 Å². The first-order valence-corrected chi connectivity index (χ1v) is 16.3. The number of nitrogens with one attached hydrogen (secondary N) is 1. The molecule has 1 fully saturated rings. The number of hydrogen-bond donors (Lipinski definition) is 1. The maximum absolute atomic E-state index is 14.2. The number of aryl methyl sites for hydroxylation is 1. The van der Waals surface area contributed by atoms with Gasteiger partial charge >= 0.3 is 5.69 Å². The van der Waals surface area contributed by atoms with Gasteiger partial charge in [0.15, 0.2) is 0 Å². The molecule has 242 valence electrons. The molecule has 0 spiro atoms. The van der Waals surface area contributed by atoms with Gasteiger partial charge in [-0.15, -0.1) is 10.2 Å². The van der Waals surface area contributed by atoms with E-state index in [2.05, 4.69) is 36.3 Å². The largest absolute Gasteiger partial charge is 0.490 e. The highest BCUT2D eigenvalue weighted by atomic mass is 79.9. The summed E-state index contributed by atoms with van der Waals surface area (Å²) in [4.78, 5) is 47.3. The first kappa shape index (κ1) is 31.1. The first-order valence-electron chi connectivity index (χ1n) is 15.5. The molecule has 1 atom stereocenters. The van der Waals surface area contributed by atoms with Crippen LogP contribution in [0.4, 0.5) is 5.69 Å². The Labute approximate surface area is 283 Å². The second-order valence-corrected chi connectivity index (χ2v) is 12.7. The number of hydrogen-bond acceptors (Lipinski definition) is 7. The Kier molecular flexibility index (Phi) is 8.18. The molecular formula is C35H30BrN7O5. The Balaban J connectivity index is 1.26. The predicted octanol–water partition coefficient (Wildman–Crippen LogP) is 5.83. The van der Waals surface area contributed by atoms with Crippen LogP contribution in [0.15, 0.2) is 80.4 Å². The van der Waals surface area contributed by atoms with Gasteiger partial charge in [0.2, 0.25) is 17.5 Å². The van der Waals surface area contributed by atoms with E-state index in [1.807, 2.05) is 31.2 Å². The average Bonchev–Trinajstić information content (AvgIpc) is 3.73. The van der Waals surface area contributed by atoms with Crippen LogP contribution in [-0.2, 0) is 19.6 Å². The van der Waals surface area contributed by atoms with Crippen LogP contribution in [0.2, 0.25) is 0 Å². The molecule has 3 heterocycles. The minimum absolute atomic E-state index is 0.00906. The third kappa shape index (κ3) is 5.91. The van der Waals surface area contributed by atoms with Crippen molar-refractivity contribution < 1.29 is 18.7 Å². The number of rotatable bonds is 8. The quantitative estimate of drug-likeness (QED) is 0.201. The highest BCUT2D eigenvalue weighted by molar-refractivity contribution is 9.10. The van der Waals surface area contributed by atoms with Crippen LogP contribution in [0, 0.1) is 13.5 Å². The van der Waals surface area contributed by atoms with Gasteiger partial charge < -0.3 is 19.4 Å². The van der Waals surface area contributed by atoms with E-state index in [4.69, 9.17) is 15.7 Å². The van der Waals surface area contributed by atoms with Crippen molar-refractivity contribution in [3.63, 3.8) is 0 Å². The Morgan fingerprint density at radius 1 is 1.10 bits per heavy atom. The van der Waals surface area contributed by atoms with E-state index in [-0.39, 0.29) is 49.1 Å². The summed E-state index contributed by atoms with van der Waals surface area (Å²) in [7, 11) is 0. The SMILES string of the molecule is [C-]#[N+]c1cc(C(=O)N2Cc3c(C(=O)NCc4ccccc4-c4nnc(C)o4)n(-c4ccc(OC5CC5)cc4)c(=O)n3C[C@H]2C)ccc1Br. The van der Waals surface area contributed by atoms with Gasteiger partial charge in [-0.1, -0.05) is 46.3 Å². The fourth-order valence-electron chi connectivity index (χ4n) is 5.86. The highest BCUT2D eigenvalue weighted by Crippen LogP contribution is 2.31. The van der Waals surface area contributed by atoms with Crippen LogP contribution < -0.4 is 15.7 Å². The molecule has 48 heavy (non-hydrogen) atoms. The topological polar surface area (TPSA) is 129 Å². The van der Waals surface area contributed by atoms with Crippen LogP contribution >= 0.6 is 15.9 Å². The average molecular weight is 709 g/mol. The number of aromatic nitrogens is 4. The zero-order valence-corrected chi connectivity index (χ0v) is 27.7. The molecule has 1 N–H and O–H groups in total. The number of nitrogens with zero attached hydrogens (tertiary/aromatic N) is 6. The van der Waals surface area contributed by atoms with Crippen molar-refractivity contribution in [1.29, 1.82) is 0 Å². The summed E-state index contributed by atoms with van der Waals surface area (Å²) in [5.41, 5.74) is 2.74. The number of halogens is 1. The molecule has 2 aromatic heterocycles. The van der Waals surface area contributed by atoms with Crippen molar-refractivity contribution in [2.24, 2.45) is 0 Å². The van der Waals surface area contributed by atoms with Gasteiger partial charge in [-0.05, 0) is 61.7 Å². The molecule has 1 aliphatic heterocycles. The number of benzene rings is 3. The number of ether oxygens (including phenoxy) is 1. The standard InChI is InChI=1S/C35H30BrN7O5/c1-20-18-42-30(19-41(20)34(45)22-8-15-28(36)29(16-22)37-3)31(43(35(42)46)24-9-11-25(12-10-24)48-26-13-14-26)32(44)38-17-23-6-4-5-7-27(23)33-40-39-21(2)47-33/h4-12,15-16,20,26H,13-14,17-19H2,1-2H3,(H,38,44)/t20-/m1/s1. The van der Waals surface area contributed by atoms with Crippen molar-refractivity contribution in [2.75, 3.05) is 0 Å². The molecule has 0 saturated heterocycles. The predicted molar refractivity (Wildman–Crippen MR) is 179 cm³/mol. The number of carbonyl (C=O) groups excluding carboxylic acids is 2. The van der Waals surface area contributed by atoms with Gasteiger partial charge in [-0.25, -0.2) is 9.64 Å². The van der Waals surface area contributed by atoms with Crippen molar-refractivity contribution in [1.82, 2.24) is 29.5 Å². The summed E-state index contributed by atoms with van der Waals surface area (Å²) in [6, 6.07) is 19.0. The van der Waals surface area contributed by atoms with E-state index < -0.39 is 5.91 Å². The fraction of sp³-hybridized carbons (Fsp3) is 0.257. The first-order chi connectivity index (χ1) is 23.2. The fourth-order valence-corrected chi connectivity index (χ4v) is 6.19. The van der Waals surface area contributed by atoms with Gasteiger partial charge in [-0.2, -0.15) is 0 Å². The lowest BCUT2D eigenvalue weighted by atomic mass is 10.1. The minimum Gasteiger partial charge on any atom is -0.490 e. The van der Waals surface area contributed by atoms with Crippen LogP contribution in [0.1, 0.15) is 57.8 Å². The third-order valence-electron chi connectivity index (χ3n) is 8.47. The summed E-state index contributed by atoms with van der Waals surface area (Å²) >= 11 is 3.35. The lowest BCUT2D eigenvalue weighted by molar-refractivity contribution is 0.0610. The zero-order chi connectivity index (χ0) is 33.5. The lowest BCUT2D eigenvalue weighted by Crippen LogP contribution is -2.47. The summed E-state index contributed by atoms with van der Waals surface area (Å²) in [6.07, 6.45) is 2.24. The van der Waals surface area contributed by atoms with Gasteiger partial charge in [0, 0.05) is 41.7 Å². The summed E-state index contributed by atoms with van der Waals surface area (Å²) in [5.74, 6) is 0.653. The molecule has 0 unspecified atom stereocenters. The Bertz CT molecular complexity index is 2160. The van der Waals surface area contributed by atoms with Crippen molar-refractivity contribution >= 4 is 33.4 Å². The van der Waals surface area contributed by atoms with Gasteiger partial charge in [-0.3, -0.25) is 18.7 Å². The van der Waals surface area contributed by atoms with Crippen LogP contribution in [0.5, 0.6) is 5.75 Å². The Morgan fingerprint density at radius 2 is 1.88 bits per heavy atom. The van der Waals surface area contributed by atoms with E-state index in [0.717, 1.165) is 18.4 Å². The smallest absolute Gasteiger partial charge is 0.333 e. The highest BCUT2D eigenvalue weighted by Gasteiger charge is 2.35. The molecule has 1 saturated carbocycles. The lowest BCUT2D eigenvalue weighted by Gasteiger charge is -2.34. The zero-order valence-electron chi connectivity index (χ0n) is 26.1. The molecule has 5 aromatic rings. The van der Waals surface area contributed by atoms with Gasteiger partial charge in [0.05, 0.1) is 30.6 Å². The molecule has 13 heteroatoms. The summed E-state index contributed by atoms with van der Waals surface area (Å²) in [6.45, 7) is 11.3. The molecule has 2 aliphatic rings. The molecular weight excluding hydrogens is 678 g/mol. The van der Waals surface area contributed by atoms with Crippen LogP contribution in [0.25, 0.3) is 22.0 Å². The normalized spacial score (nSPS) is 15.5. The van der Waals surface area contributed by atoms with E-state index in [0.29, 0.717) is 50.2 Å². The minimum atomic E-state index is -0.489. The van der Waals surface area contributed by atoms with Crippen molar-refractivity contribution in [2.45, 2.75) is 58.5 Å². The second-order valence-electron chi connectivity index (χ2n) is 11.9. The van der Waals surface area contributed by atoms with E-state index in [1.165, 1.54) is 4.57 Å². The van der Waals surface area contributed by atoms with E-state index in [1.54, 1.807) is 58.9 Å². The van der Waals surface area contributed by atoms with Crippen molar-refractivity contribution in [3.8, 4) is 22.9 Å². The van der Waals surface area contributed by atoms with Gasteiger partial charge in [0.1, 0.15) is 11.4 Å². The molecule has 1 aliphatic carbocycles. The van der Waals surface area contributed by atoms with Gasteiger partial charge in [0.25, 0.3) is 11.8 Å². The number of carbonyl (C=O) groups is 2. The van der Waals surface area contributed by atoms with E-state index >= 15 is 0 Å². The Hall–Kier alpha value is -5.48. The second kappa shape index (κ2) is 12.6.